The Hall–Kier alpha value is -2.46. The summed E-state index contributed by atoms with van der Waals surface area (Å²) in [7, 11) is 0. The number of aromatic nitrogens is 1. The van der Waals surface area contributed by atoms with Crippen molar-refractivity contribution in [3.05, 3.63) is 82.3 Å². The molecule has 0 amide bonds. The van der Waals surface area contributed by atoms with Crippen molar-refractivity contribution < 1.29 is 9.53 Å². The van der Waals surface area contributed by atoms with Crippen molar-refractivity contribution in [3.8, 4) is 5.75 Å². The molecule has 3 nitrogen and oxygen atoms in total. The average molecular weight is 295 g/mol. The Morgan fingerprint density at radius 3 is 2.48 bits per heavy atom. The summed E-state index contributed by atoms with van der Waals surface area (Å²) in [5, 5.41) is 2.30. The van der Waals surface area contributed by atoms with Crippen LogP contribution in [0.5, 0.6) is 5.75 Å². The number of ketones is 1. The maximum atomic E-state index is 12.1. The summed E-state index contributed by atoms with van der Waals surface area (Å²) < 4.78 is 5.69. The molecule has 2 aromatic carbocycles. The fraction of sp³-hybridized carbons (Fsp3) is 0.0588. The average Bonchev–Trinajstić information content (AvgIpc) is 3.08. The molecule has 0 radical (unpaired) electrons. The lowest BCUT2D eigenvalue weighted by Gasteiger charge is -2.06. The highest BCUT2D eigenvalue weighted by atomic mass is 32.1. The summed E-state index contributed by atoms with van der Waals surface area (Å²) in [6, 6.07) is 17.1. The highest BCUT2D eigenvalue weighted by Crippen LogP contribution is 2.17. The van der Waals surface area contributed by atoms with Crippen LogP contribution in [0, 0.1) is 0 Å². The fourth-order valence-electron chi connectivity index (χ4n) is 1.90. The normalized spacial score (nSPS) is 10.3. The van der Waals surface area contributed by atoms with Crippen LogP contribution in [0.1, 0.15) is 20.9 Å². The topological polar surface area (TPSA) is 39.2 Å². The second kappa shape index (κ2) is 6.33. The van der Waals surface area contributed by atoms with Crippen molar-refractivity contribution in [3.63, 3.8) is 0 Å². The first kappa shape index (κ1) is 13.5. The van der Waals surface area contributed by atoms with E-state index in [0.717, 1.165) is 11.3 Å². The van der Waals surface area contributed by atoms with Gasteiger partial charge in [0.1, 0.15) is 12.4 Å². The zero-order valence-electron chi connectivity index (χ0n) is 11.2. The van der Waals surface area contributed by atoms with Crippen molar-refractivity contribution in [1.82, 2.24) is 4.98 Å². The van der Waals surface area contributed by atoms with Crippen LogP contribution in [-0.2, 0) is 6.61 Å². The van der Waals surface area contributed by atoms with Gasteiger partial charge in [0.05, 0.1) is 0 Å². The lowest BCUT2D eigenvalue weighted by Crippen LogP contribution is -2.00. The van der Waals surface area contributed by atoms with Crippen LogP contribution in [0.3, 0.4) is 0 Å². The molecule has 21 heavy (non-hydrogen) atoms. The smallest absolute Gasteiger partial charge is 0.221 e. The highest BCUT2D eigenvalue weighted by Gasteiger charge is 2.11. The van der Waals surface area contributed by atoms with Gasteiger partial charge >= 0.3 is 0 Å². The first-order valence-electron chi connectivity index (χ1n) is 6.54. The largest absolute Gasteiger partial charge is 0.489 e. The minimum absolute atomic E-state index is 0.0559. The van der Waals surface area contributed by atoms with Gasteiger partial charge in [-0.05, 0) is 29.8 Å². The molecule has 0 saturated carbocycles. The van der Waals surface area contributed by atoms with Crippen LogP contribution < -0.4 is 4.74 Å². The molecule has 4 heteroatoms. The Kier molecular flexibility index (Phi) is 4.07. The molecule has 0 saturated heterocycles. The van der Waals surface area contributed by atoms with E-state index in [1.165, 1.54) is 11.3 Å². The molecule has 104 valence electrons. The number of hydrogen-bond acceptors (Lipinski definition) is 4. The standard InChI is InChI=1S/C17H13NO2S/c19-16(17-18-10-11-21-17)14-6-8-15(9-7-14)20-12-13-4-2-1-3-5-13/h1-11H,12H2. The maximum Gasteiger partial charge on any atom is 0.221 e. The maximum absolute atomic E-state index is 12.1. The van der Waals surface area contributed by atoms with Crippen LogP contribution in [0.4, 0.5) is 0 Å². The third-order valence-electron chi connectivity index (χ3n) is 2.99. The molecular weight excluding hydrogens is 282 g/mol. The SMILES string of the molecule is O=C(c1ccc(OCc2ccccc2)cc1)c1nccs1. The van der Waals surface area contributed by atoms with Gasteiger partial charge in [-0.1, -0.05) is 30.3 Å². The van der Waals surface area contributed by atoms with Gasteiger partial charge in [-0.2, -0.15) is 0 Å². The van der Waals surface area contributed by atoms with E-state index < -0.39 is 0 Å². The number of carbonyl (C=O) groups excluding carboxylic acids is 1. The van der Waals surface area contributed by atoms with E-state index in [9.17, 15) is 4.79 Å². The first-order valence-corrected chi connectivity index (χ1v) is 7.42. The summed E-state index contributed by atoms with van der Waals surface area (Å²) in [5.41, 5.74) is 1.73. The summed E-state index contributed by atoms with van der Waals surface area (Å²) >= 11 is 1.35. The summed E-state index contributed by atoms with van der Waals surface area (Å²) in [5.74, 6) is 0.689. The second-order valence-electron chi connectivity index (χ2n) is 4.47. The van der Waals surface area contributed by atoms with Gasteiger partial charge in [-0.15, -0.1) is 11.3 Å². The molecule has 3 aromatic rings. The summed E-state index contributed by atoms with van der Waals surface area (Å²) in [6.07, 6.45) is 1.63. The molecule has 1 heterocycles. The number of nitrogens with zero attached hydrogens (tertiary/aromatic N) is 1. The fourth-order valence-corrected chi connectivity index (χ4v) is 2.50. The lowest BCUT2D eigenvalue weighted by atomic mass is 10.1. The van der Waals surface area contributed by atoms with Gasteiger partial charge in [0, 0.05) is 17.1 Å². The van der Waals surface area contributed by atoms with Crippen LogP contribution in [0.15, 0.2) is 66.2 Å². The number of hydrogen-bond donors (Lipinski definition) is 0. The van der Waals surface area contributed by atoms with Crippen LogP contribution in [-0.4, -0.2) is 10.8 Å². The van der Waals surface area contributed by atoms with Gasteiger partial charge in [-0.3, -0.25) is 4.79 Å². The molecule has 0 fully saturated rings. The zero-order valence-corrected chi connectivity index (χ0v) is 12.0. The summed E-state index contributed by atoms with van der Waals surface area (Å²) in [4.78, 5) is 16.1. The van der Waals surface area contributed by atoms with Gasteiger partial charge in [-0.25, -0.2) is 4.98 Å². The zero-order chi connectivity index (χ0) is 14.5. The minimum Gasteiger partial charge on any atom is -0.489 e. The quantitative estimate of drug-likeness (QED) is 0.669. The van der Waals surface area contributed by atoms with Gasteiger partial charge in [0.25, 0.3) is 0 Å². The molecule has 0 aliphatic carbocycles. The predicted octanol–water partition coefficient (Wildman–Crippen LogP) is 3.95. The molecular formula is C17H13NO2S. The number of carbonyl (C=O) groups is 1. The van der Waals surface area contributed by atoms with Gasteiger partial charge < -0.3 is 4.74 Å². The van der Waals surface area contributed by atoms with Crippen LogP contribution in [0.25, 0.3) is 0 Å². The van der Waals surface area contributed by atoms with Crippen molar-refractivity contribution in [2.75, 3.05) is 0 Å². The molecule has 0 spiro atoms. The Balaban J connectivity index is 1.66. The molecule has 0 unspecified atom stereocenters. The minimum atomic E-state index is -0.0559. The molecule has 1 aromatic heterocycles. The van der Waals surface area contributed by atoms with Gasteiger partial charge in [0.15, 0.2) is 5.01 Å². The van der Waals surface area contributed by atoms with Gasteiger partial charge in [0.2, 0.25) is 5.78 Å². The molecule has 3 rings (SSSR count). The lowest BCUT2D eigenvalue weighted by molar-refractivity contribution is 0.103. The number of rotatable bonds is 5. The van der Waals surface area contributed by atoms with Crippen molar-refractivity contribution in [2.45, 2.75) is 6.61 Å². The molecule has 0 atom stereocenters. The molecule has 0 N–H and O–H groups in total. The highest BCUT2D eigenvalue weighted by molar-refractivity contribution is 7.11. The van der Waals surface area contributed by atoms with E-state index in [-0.39, 0.29) is 5.78 Å². The van der Waals surface area contributed by atoms with Crippen LogP contribution >= 0.6 is 11.3 Å². The molecule has 0 aliphatic heterocycles. The van der Waals surface area contributed by atoms with E-state index in [1.54, 1.807) is 23.7 Å². The first-order chi connectivity index (χ1) is 10.3. The third-order valence-corrected chi connectivity index (χ3v) is 3.76. The predicted molar refractivity (Wildman–Crippen MR) is 82.8 cm³/mol. The summed E-state index contributed by atoms with van der Waals surface area (Å²) in [6.45, 7) is 0.514. The van der Waals surface area contributed by atoms with Crippen molar-refractivity contribution in [2.24, 2.45) is 0 Å². The monoisotopic (exact) mass is 295 g/mol. The molecule has 0 aliphatic rings. The Bertz CT molecular complexity index is 706. The Labute approximate surface area is 126 Å². The van der Waals surface area contributed by atoms with Crippen LogP contribution in [0.2, 0.25) is 0 Å². The van der Waals surface area contributed by atoms with E-state index in [1.807, 2.05) is 42.5 Å². The van der Waals surface area contributed by atoms with Crippen molar-refractivity contribution >= 4 is 17.1 Å². The van der Waals surface area contributed by atoms with E-state index >= 15 is 0 Å². The Morgan fingerprint density at radius 2 is 1.81 bits per heavy atom. The number of benzene rings is 2. The number of thiazole rings is 1. The van der Waals surface area contributed by atoms with Crippen molar-refractivity contribution in [1.29, 1.82) is 0 Å². The molecule has 0 bridgehead atoms. The number of ether oxygens (including phenoxy) is 1. The Morgan fingerprint density at radius 1 is 1.05 bits per heavy atom. The second-order valence-corrected chi connectivity index (χ2v) is 5.36. The van der Waals surface area contributed by atoms with E-state index in [0.29, 0.717) is 17.2 Å². The van der Waals surface area contributed by atoms with E-state index in [2.05, 4.69) is 4.98 Å². The van der Waals surface area contributed by atoms with E-state index in [4.69, 9.17) is 4.74 Å². The third kappa shape index (κ3) is 3.35.